The number of carbonyl (C=O) groups excluding carboxylic acids is 1. The summed E-state index contributed by atoms with van der Waals surface area (Å²) in [7, 11) is 1.60. The van der Waals surface area contributed by atoms with Gasteiger partial charge in [0.15, 0.2) is 11.0 Å². The van der Waals surface area contributed by atoms with Gasteiger partial charge in [-0.3, -0.25) is 14.3 Å². The zero-order chi connectivity index (χ0) is 23.8. The highest BCUT2D eigenvalue weighted by molar-refractivity contribution is 7.98. The van der Waals surface area contributed by atoms with Gasteiger partial charge in [0.25, 0.3) is 0 Å². The Morgan fingerprint density at radius 3 is 2.50 bits per heavy atom. The van der Waals surface area contributed by atoms with Crippen LogP contribution in [-0.2, 0) is 17.1 Å². The summed E-state index contributed by atoms with van der Waals surface area (Å²) in [6, 6.07) is 17.3. The van der Waals surface area contributed by atoms with Gasteiger partial charge in [0.05, 0.1) is 13.7 Å². The molecule has 2 aromatic heterocycles. The largest absolute Gasteiger partial charge is 0.497 e. The van der Waals surface area contributed by atoms with E-state index in [1.165, 1.54) is 30.0 Å². The number of ether oxygens (including phenoxy) is 1. The maximum Gasteiger partial charge on any atom is 0.244 e. The van der Waals surface area contributed by atoms with Gasteiger partial charge < -0.3 is 10.1 Å². The topological polar surface area (TPSA) is 81.9 Å². The Bertz CT molecular complexity index is 1260. The highest BCUT2D eigenvalue weighted by Gasteiger charge is 2.15. The zero-order valence-corrected chi connectivity index (χ0v) is 19.2. The zero-order valence-electron chi connectivity index (χ0n) is 18.4. The van der Waals surface area contributed by atoms with Crippen LogP contribution in [0.3, 0.4) is 0 Å². The summed E-state index contributed by atoms with van der Waals surface area (Å²) in [4.78, 5) is 16.4. The van der Waals surface area contributed by atoms with E-state index in [0.29, 0.717) is 22.4 Å². The van der Waals surface area contributed by atoms with E-state index in [1.807, 2.05) is 41.0 Å². The summed E-state index contributed by atoms with van der Waals surface area (Å²) in [5.41, 5.74) is 2.68. The fourth-order valence-electron chi connectivity index (χ4n) is 3.10. The summed E-state index contributed by atoms with van der Waals surface area (Å²) in [5.74, 6) is 1.35. The number of hydrogen-bond donors (Lipinski definition) is 1. The minimum Gasteiger partial charge on any atom is -0.497 e. The molecule has 1 amide bonds. The maximum absolute atomic E-state index is 13.5. The normalized spacial score (nSPS) is 11.0. The van der Waals surface area contributed by atoms with Crippen molar-refractivity contribution >= 4 is 23.7 Å². The van der Waals surface area contributed by atoms with Crippen LogP contribution in [-0.4, -0.2) is 32.8 Å². The lowest BCUT2D eigenvalue weighted by atomic mass is 10.2. The highest BCUT2D eigenvalue weighted by Crippen LogP contribution is 2.25. The third-order valence-electron chi connectivity index (χ3n) is 4.87. The minimum atomic E-state index is -0.332. The van der Waals surface area contributed by atoms with Crippen LogP contribution in [0.1, 0.15) is 17.0 Å². The molecule has 0 aliphatic heterocycles. The van der Waals surface area contributed by atoms with Gasteiger partial charge in [-0.2, -0.15) is 0 Å². The number of pyridine rings is 1. The van der Waals surface area contributed by atoms with Crippen molar-refractivity contribution in [3.63, 3.8) is 0 Å². The van der Waals surface area contributed by atoms with Crippen molar-refractivity contribution in [1.29, 1.82) is 0 Å². The molecule has 0 unspecified atom stereocenters. The second-order valence-corrected chi connectivity index (χ2v) is 8.12. The van der Waals surface area contributed by atoms with E-state index in [-0.39, 0.29) is 18.3 Å². The second kappa shape index (κ2) is 11.2. The van der Waals surface area contributed by atoms with Crippen LogP contribution in [0.4, 0.5) is 4.39 Å². The first kappa shape index (κ1) is 23.2. The Kier molecular flexibility index (Phi) is 7.67. The maximum atomic E-state index is 13.5. The molecule has 0 saturated heterocycles. The lowest BCUT2D eigenvalue weighted by Gasteiger charge is -2.10. The molecule has 34 heavy (non-hydrogen) atoms. The molecule has 0 aliphatic rings. The summed E-state index contributed by atoms with van der Waals surface area (Å²) in [5, 5.41) is 12.0. The Hall–Kier alpha value is -3.98. The van der Waals surface area contributed by atoms with Gasteiger partial charge in [-0.25, -0.2) is 4.39 Å². The number of carbonyl (C=O) groups is 1. The van der Waals surface area contributed by atoms with Crippen molar-refractivity contribution in [2.24, 2.45) is 0 Å². The van der Waals surface area contributed by atoms with Gasteiger partial charge in [-0.15, -0.1) is 10.2 Å². The molecule has 0 atom stereocenters. The van der Waals surface area contributed by atoms with E-state index in [9.17, 15) is 9.18 Å². The number of halogens is 1. The SMILES string of the molecule is COc1ccc(/C=C/C(=O)NCc2nnc(SCc3ccncc3)n2-c2ccc(F)cc2)cc1. The molecule has 172 valence electrons. The van der Waals surface area contributed by atoms with Crippen LogP contribution in [0.2, 0.25) is 0 Å². The van der Waals surface area contributed by atoms with Crippen molar-refractivity contribution in [3.05, 3.63) is 102 Å². The monoisotopic (exact) mass is 475 g/mol. The van der Waals surface area contributed by atoms with Crippen molar-refractivity contribution in [2.45, 2.75) is 17.5 Å². The quantitative estimate of drug-likeness (QED) is 0.285. The average molecular weight is 476 g/mol. The number of hydrogen-bond acceptors (Lipinski definition) is 6. The molecular weight excluding hydrogens is 453 g/mol. The Morgan fingerprint density at radius 2 is 1.79 bits per heavy atom. The van der Waals surface area contributed by atoms with Crippen LogP contribution < -0.4 is 10.1 Å². The minimum absolute atomic E-state index is 0.159. The summed E-state index contributed by atoms with van der Waals surface area (Å²) in [6.07, 6.45) is 6.65. The van der Waals surface area contributed by atoms with E-state index in [4.69, 9.17) is 4.74 Å². The Balaban J connectivity index is 1.47. The van der Waals surface area contributed by atoms with Gasteiger partial charge in [0.1, 0.15) is 11.6 Å². The van der Waals surface area contributed by atoms with Crippen molar-refractivity contribution < 1.29 is 13.9 Å². The van der Waals surface area contributed by atoms with Crippen LogP contribution >= 0.6 is 11.8 Å². The lowest BCUT2D eigenvalue weighted by molar-refractivity contribution is -0.116. The van der Waals surface area contributed by atoms with E-state index in [0.717, 1.165) is 16.9 Å². The molecule has 0 fully saturated rings. The van der Waals surface area contributed by atoms with Gasteiger partial charge in [-0.05, 0) is 65.7 Å². The molecule has 2 aromatic carbocycles. The predicted molar refractivity (Wildman–Crippen MR) is 129 cm³/mol. The van der Waals surface area contributed by atoms with Gasteiger partial charge in [0, 0.05) is 29.9 Å². The fraction of sp³-hybridized carbons (Fsp3) is 0.120. The number of rotatable bonds is 9. The second-order valence-electron chi connectivity index (χ2n) is 7.18. The molecule has 0 saturated carbocycles. The first-order chi connectivity index (χ1) is 16.6. The molecule has 0 radical (unpaired) electrons. The number of aromatic nitrogens is 4. The van der Waals surface area contributed by atoms with Crippen molar-refractivity contribution in [2.75, 3.05) is 7.11 Å². The molecule has 1 N–H and O–H groups in total. The van der Waals surface area contributed by atoms with Gasteiger partial charge in [0.2, 0.25) is 5.91 Å². The van der Waals surface area contributed by atoms with E-state index >= 15 is 0 Å². The van der Waals surface area contributed by atoms with Crippen LogP contribution in [0, 0.1) is 5.82 Å². The smallest absolute Gasteiger partial charge is 0.244 e. The highest BCUT2D eigenvalue weighted by atomic mass is 32.2. The fourth-order valence-corrected chi connectivity index (χ4v) is 4.02. The number of methoxy groups -OCH3 is 1. The number of nitrogens with one attached hydrogen (secondary N) is 1. The molecule has 0 spiro atoms. The van der Waals surface area contributed by atoms with Gasteiger partial charge >= 0.3 is 0 Å². The number of amides is 1. The molecule has 4 aromatic rings. The van der Waals surface area contributed by atoms with Crippen molar-refractivity contribution in [1.82, 2.24) is 25.1 Å². The van der Waals surface area contributed by atoms with Crippen LogP contribution in [0.5, 0.6) is 5.75 Å². The number of nitrogens with zero attached hydrogens (tertiary/aromatic N) is 4. The first-order valence-electron chi connectivity index (χ1n) is 10.4. The van der Waals surface area contributed by atoms with E-state index in [2.05, 4.69) is 20.5 Å². The Morgan fingerprint density at radius 1 is 1.06 bits per heavy atom. The summed E-state index contributed by atoms with van der Waals surface area (Å²) >= 11 is 1.50. The molecule has 0 bridgehead atoms. The number of benzene rings is 2. The number of thioether (sulfide) groups is 1. The van der Waals surface area contributed by atoms with Gasteiger partial charge in [-0.1, -0.05) is 23.9 Å². The summed E-state index contributed by atoms with van der Waals surface area (Å²) < 4.78 is 20.5. The standard InChI is InChI=1S/C25H22FN5O2S/c1-33-22-9-2-18(3-10-22)4-11-24(32)28-16-23-29-30-25(34-17-19-12-14-27-15-13-19)31(23)21-7-5-20(26)6-8-21/h2-15H,16-17H2,1H3,(H,28,32)/b11-4+. The Labute approximate surface area is 200 Å². The first-order valence-corrected chi connectivity index (χ1v) is 11.4. The van der Waals surface area contributed by atoms with Crippen LogP contribution in [0.25, 0.3) is 11.8 Å². The van der Waals surface area contributed by atoms with E-state index < -0.39 is 0 Å². The van der Waals surface area contributed by atoms with E-state index in [1.54, 1.807) is 37.7 Å². The molecule has 9 heteroatoms. The summed E-state index contributed by atoms with van der Waals surface area (Å²) in [6.45, 7) is 0.159. The third-order valence-corrected chi connectivity index (χ3v) is 5.87. The molecule has 2 heterocycles. The molecule has 7 nitrogen and oxygen atoms in total. The lowest BCUT2D eigenvalue weighted by Crippen LogP contribution is -2.22. The molecular formula is C25H22FN5O2S. The molecule has 4 rings (SSSR count). The molecule has 0 aliphatic carbocycles. The van der Waals surface area contributed by atoms with Crippen LogP contribution in [0.15, 0.2) is 84.3 Å². The van der Waals surface area contributed by atoms with Crippen molar-refractivity contribution in [3.8, 4) is 11.4 Å². The average Bonchev–Trinajstić information content (AvgIpc) is 3.29. The third kappa shape index (κ3) is 6.08. The predicted octanol–water partition coefficient (Wildman–Crippen LogP) is 4.43.